The second-order valence-electron chi connectivity index (χ2n) is 3.76. The molecule has 0 atom stereocenters. The summed E-state index contributed by atoms with van der Waals surface area (Å²) in [7, 11) is 0. The van der Waals surface area contributed by atoms with E-state index in [0.717, 1.165) is 16.1 Å². The molecule has 0 N–H and O–H groups in total. The van der Waals surface area contributed by atoms with Gasteiger partial charge in [-0.05, 0) is 29.8 Å². The molecule has 5 heteroatoms. The van der Waals surface area contributed by atoms with Crippen LogP contribution in [0.5, 0.6) is 0 Å². The number of halogens is 3. The lowest BCUT2D eigenvalue weighted by atomic mass is 10.2. The van der Waals surface area contributed by atoms with Crippen molar-refractivity contribution < 1.29 is 13.6 Å². The Morgan fingerprint density at radius 3 is 2.53 bits per heavy atom. The van der Waals surface area contributed by atoms with Crippen LogP contribution in [-0.2, 0) is 11.4 Å². The number of hydrogen-bond acceptors (Lipinski definition) is 2. The van der Waals surface area contributed by atoms with E-state index in [9.17, 15) is 8.78 Å². The Kier molecular flexibility index (Phi) is 4.63. The maximum absolute atomic E-state index is 12.9. The summed E-state index contributed by atoms with van der Waals surface area (Å²) in [5.41, 5.74) is 1.11. The van der Waals surface area contributed by atoms with Crippen LogP contribution in [0.15, 0.2) is 52.1 Å². The molecule has 0 aliphatic heterocycles. The molecule has 2 aromatic rings. The summed E-state index contributed by atoms with van der Waals surface area (Å²) in [5, 5.41) is 3.62. The van der Waals surface area contributed by atoms with Crippen molar-refractivity contribution in [3.05, 3.63) is 69.7 Å². The summed E-state index contributed by atoms with van der Waals surface area (Å²) < 4.78 is 26.7. The van der Waals surface area contributed by atoms with Crippen LogP contribution in [0.1, 0.15) is 11.1 Å². The van der Waals surface area contributed by atoms with Crippen LogP contribution in [0, 0.1) is 11.6 Å². The minimum absolute atomic E-state index is 0.0182. The van der Waals surface area contributed by atoms with Crippen molar-refractivity contribution in [2.24, 2.45) is 5.16 Å². The monoisotopic (exact) mass is 324 g/mol. The highest BCUT2D eigenvalue weighted by atomic mass is 79.9. The van der Waals surface area contributed by atoms with Gasteiger partial charge in [-0.25, -0.2) is 8.78 Å². The van der Waals surface area contributed by atoms with Gasteiger partial charge in [0.25, 0.3) is 0 Å². The molecule has 97 valence electrons. The Morgan fingerprint density at radius 1 is 1.11 bits per heavy atom. The van der Waals surface area contributed by atoms with Gasteiger partial charge in [0, 0.05) is 16.1 Å². The highest BCUT2D eigenvalue weighted by Crippen LogP contribution is 2.11. The van der Waals surface area contributed by atoms with Crippen LogP contribution in [0.4, 0.5) is 8.78 Å². The average molecular weight is 325 g/mol. The molecular formula is C14H9BrF2NO. The molecule has 2 nitrogen and oxygen atoms in total. The Labute approximate surface area is 117 Å². The van der Waals surface area contributed by atoms with Gasteiger partial charge in [0.1, 0.15) is 24.5 Å². The normalized spacial score (nSPS) is 10.9. The Hall–Kier alpha value is -1.75. The van der Waals surface area contributed by atoms with E-state index < -0.39 is 11.6 Å². The van der Waals surface area contributed by atoms with Crippen LogP contribution in [-0.4, -0.2) is 6.21 Å². The zero-order chi connectivity index (χ0) is 13.7. The van der Waals surface area contributed by atoms with Crippen molar-refractivity contribution in [2.45, 2.75) is 6.61 Å². The van der Waals surface area contributed by atoms with E-state index in [0.29, 0.717) is 5.56 Å². The van der Waals surface area contributed by atoms with Crippen molar-refractivity contribution in [3.63, 3.8) is 0 Å². The molecule has 19 heavy (non-hydrogen) atoms. The fraction of sp³-hybridized carbons (Fsp3) is 0.0714. The van der Waals surface area contributed by atoms with E-state index in [1.54, 1.807) is 6.07 Å². The molecule has 0 aliphatic carbocycles. The fourth-order valence-electron chi connectivity index (χ4n) is 1.44. The molecule has 0 aliphatic rings. The second kappa shape index (κ2) is 6.43. The third kappa shape index (κ3) is 4.44. The van der Waals surface area contributed by atoms with Gasteiger partial charge in [-0.3, -0.25) is 0 Å². The molecule has 1 radical (unpaired) electrons. The summed E-state index contributed by atoms with van der Waals surface area (Å²) in [6, 6.07) is 10.5. The molecule has 0 fully saturated rings. The lowest BCUT2D eigenvalue weighted by Gasteiger charge is -2.00. The molecule has 2 rings (SSSR count). The first-order valence-electron chi connectivity index (χ1n) is 5.42. The maximum Gasteiger partial charge on any atom is 0.142 e. The lowest BCUT2D eigenvalue weighted by Crippen LogP contribution is -1.91. The Bertz CT molecular complexity index is 581. The van der Waals surface area contributed by atoms with Crippen molar-refractivity contribution in [1.82, 2.24) is 0 Å². The van der Waals surface area contributed by atoms with Crippen LogP contribution in [0.2, 0.25) is 0 Å². The SMILES string of the molecule is Fc1cc(F)cc(CO/N=[C]\c2cccc(Br)c2)c1. The fourth-order valence-corrected chi connectivity index (χ4v) is 1.84. The predicted octanol–water partition coefficient (Wildman–Crippen LogP) is 4.16. The van der Waals surface area contributed by atoms with Crippen LogP contribution in [0.3, 0.4) is 0 Å². The molecule has 0 bridgehead atoms. The van der Waals surface area contributed by atoms with Gasteiger partial charge in [-0.15, -0.1) is 0 Å². The molecule has 0 saturated carbocycles. The Balaban J connectivity index is 1.93. The average Bonchev–Trinajstić information content (AvgIpc) is 2.34. The van der Waals surface area contributed by atoms with Crippen molar-refractivity contribution in [1.29, 1.82) is 0 Å². The van der Waals surface area contributed by atoms with E-state index >= 15 is 0 Å². The van der Waals surface area contributed by atoms with E-state index in [-0.39, 0.29) is 6.61 Å². The van der Waals surface area contributed by atoms with Gasteiger partial charge in [0.2, 0.25) is 0 Å². The lowest BCUT2D eigenvalue weighted by molar-refractivity contribution is 0.131. The molecular weight excluding hydrogens is 316 g/mol. The largest absolute Gasteiger partial charge is 0.390 e. The number of nitrogens with zero attached hydrogens (tertiary/aromatic N) is 1. The summed E-state index contributed by atoms with van der Waals surface area (Å²) in [6.07, 6.45) is 2.67. The van der Waals surface area contributed by atoms with Gasteiger partial charge in [-0.1, -0.05) is 33.2 Å². The van der Waals surface area contributed by atoms with E-state index in [2.05, 4.69) is 27.3 Å². The maximum atomic E-state index is 12.9. The van der Waals surface area contributed by atoms with Gasteiger partial charge in [-0.2, -0.15) is 0 Å². The zero-order valence-electron chi connectivity index (χ0n) is 9.74. The molecule has 2 aromatic carbocycles. The smallest absolute Gasteiger partial charge is 0.142 e. The van der Waals surface area contributed by atoms with Crippen molar-refractivity contribution in [2.75, 3.05) is 0 Å². The van der Waals surface area contributed by atoms with Crippen LogP contribution < -0.4 is 0 Å². The number of benzene rings is 2. The van der Waals surface area contributed by atoms with E-state index in [1.165, 1.54) is 12.1 Å². The van der Waals surface area contributed by atoms with E-state index in [4.69, 9.17) is 4.84 Å². The van der Waals surface area contributed by atoms with E-state index in [1.807, 2.05) is 18.2 Å². The van der Waals surface area contributed by atoms with Crippen molar-refractivity contribution >= 4 is 22.1 Å². The van der Waals surface area contributed by atoms with Crippen molar-refractivity contribution in [3.8, 4) is 0 Å². The minimum atomic E-state index is -0.640. The summed E-state index contributed by atoms with van der Waals surface area (Å²) in [4.78, 5) is 4.94. The first-order valence-corrected chi connectivity index (χ1v) is 6.21. The summed E-state index contributed by atoms with van der Waals surface area (Å²) in [6.45, 7) is -0.0182. The molecule has 0 aromatic heterocycles. The summed E-state index contributed by atoms with van der Waals surface area (Å²) in [5.74, 6) is -1.28. The standard InChI is InChI=1S/C14H9BrF2NO/c15-12-3-1-2-10(4-12)8-18-19-9-11-5-13(16)7-14(17)6-11/h1-7H,9H2. The topological polar surface area (TPSA) is 21.6 Å². The third-order valence-electron chi connectivity index (χ3n) is 2.22. The summed E-state index contributed by atoms with van der Waals surface area (Å²) >= 11 is 3.32. The highest BCUT2D eigenvalue weighted by Gasteiger charge is 2.00. The Morgan fingerprint density at radius 2 is 1.84 bits per heavy atom. The molecule has 0 heterocycles. The zero-order valence-corrected chi connectivity index (χ0v) is 11.3. The molecule has 0 unspecified atom stereocenters. The van der Waals surface area contributed by atoms with Gasteiger partial charge >= 0.3 is 0 Å². The van der Waals surface area contributed by atoms with Crippen LogP contribution in [0.25, 0.3) is 0 Å². The second-order valence-corrected chi connectivity index (χ2v) is 4.68. The third-order valence-corrected chi connectivity index (χ3v) is 2.71. The molecule has 0 saturated heterocycles. The molecule has 0 amide bonds. The first kappa shape index (κ1) is 13.7. The first-order chi connectivity index (χ1) is 9.13. The van der Waals surface area contributed by atoms with Gasteiger partial charge in [0.15, 0.2) is 0 Å². The van der Waals surface area contributed by atoms with Gasteiger partial charge < -0.3 is 4.84 Å². The highest BCUT2D eigenvalue weighted by molar-refractivity contribution is 9.10. The van der Waals surface area contributed by atoms with Gasteiger partial charge in [0.05, 0.1) is 0 Å². The quantitative estimate of drug-likeness (QED) is 0.611. The minimum Gasteiger partial charge on any atom is -0.390 e. The number of rotatable bonds is 4. The number of hydrogen-bond donors (Lipinski definition) is 0. The predicted molar refractivity (Wildman–Crippen MR) is 71.8 cm³/mol. The molecule has 0 spiro atoms. The van der Waals surface area contributed by atoms with Crippen LogP contribution >= 0.6 is 15.9 Å².